The van der Waals surface area contributed by atoms with Crippen LogP contribution in [0.5, 0.6) is 0 Å². The lowest BCUT2D eigenvalue weighted by atomic mass is 10.2. The second-order valence-electron chi connectivity index (χ2n) is 4.00. The van der Waals surface area contributed by atoms with Crippen LogP contribution in [0.4, 0.5) is 5.69 Å². The zero-order valence-electron chi connectivity index (χ0n) is 9.72. The molecule has 0 saturated carbocycles. The van der Waals surface area contributed by atoms with Crippen molar-refractivity contribution in [2.45, 2.75) is 17.6 Å². The van der Waals surface area contributed by atoms with E-state index in [2.05, 4.69) is 0 Å². The Labute approximate surface area is 104 Å². The highest BCUT2D eigenvalue weighted by atomic mass is 32.2. The average molecular weight is 245 g/mol. The Morgan fingerprint density at radius 2 is 1.82 bits per heavy atom. The fraction of sp³-hybridized carbons (Fsp3) is 0.143. The molecule has 2 aromatic rings. The van der Waals surface area contributed by atoms with Crippen LogP contribution in [-0.2, 0) is 16.6 Å². The van der Waals surface area contributed by atoms with E-state index in [1.807, 2.05) is 49.4 Å². The Bertz CT molecular complexity index is 537. The highest BCUT2D eigenvalue weighted by molar-refractivity contribution is 7.84. The van der Waals surface area contributed by atoms with Crippen LogP contribution < -0.4 is 5.73 Å². The minimum Gasteiger partial charge on any atom is -0.399 e. The maximum absolute atomic E-state index is 12.2. The maximum atomic E-state index is 12.2. The lowest BCUT2D eigenvalue weighted by Crippen LogP contribution is -2.00. The fourth-order valence-corrected chi connectivity index (χ4v) is 3.01. The lowest BCUT2D eigenvalue weighted by molar-refractivity contribution is 0.682. The molecule has 0 saturated heterocycles. The van der Waals surface area contributed by atoms with Crippen molar-refractivity contribution in [2.24, 2.45) is 0 Å². The lowest BCUT2D eigenvalue weighted by Gasteiger charge is -2.07. The van der Waals surface area contributed by atoms with Gasteiger partial charge in [0.25, 0.3) is 0 Å². The summed E-state index contributed by atoms with van der Waals surface area (Å²) in [5.41, 5.74) is 8.48. The van der Waals surface area contributed by atoms with Crippen molar-refractivity contribution >= 4 is 16.5 Å². The number of anilines is 1. The molecule has 17 heavy (non-hydrogen) atoms. The van der Waals surface area contributed by atoms with E-state index in [4.69, 9.17) is 5.73 Å². The van der Waals surface area contributed by atoms with Gasteiger partial charge in [-0.1, -0.05) is 36.4 Å². The van der Waals surface area contributed by atoms with E-state index < -0.39 is 10.8 Å². The molecular weight excluding hydrogens is 230 g/mol. The highest BCUT2D eigenvalue weighted by Gasteiger charge is 2.08. The smallest absolute Gasteiger partial charge is 0.0577 e. The Morgan fingerprint density at radius 3 is 2.53 bits per heavy atom. The molecule has 0 aliphatic carbocycles. The number of rotatable bonds is 3. The highest BCUT2D eigenvalue weighted by Crippen LogP contribution is 2.19. The van der Waals surface area contributed by atoms with Crippen LogP contribution in [-0.4, -0.2) is 4.21 Å². The second-order valence-corrected chi connectivity index (χ2v) is 5.42. The summed E-state index contributed by atoms with van der Waals surface area (Å²) >= 11 is 0. The Hall–Kier alpha value is -1.61. The second kappa shape index (κ2) is 5.15. The Morgan fingerprint density at radius 1 is 1.12 bits per heavy atom. The molecule has 1 unspecified atom stereocenters. The number of benzene rings is 2. The number of nitrogens with two attached hydrogens (primary N) is 1. The zero-order valence-corrected chi connectivity index (χ0v) is 10.5. The summed E-state index contributed by atoms with van der Waals surface area (Å²) in [4.78, 5) is 0.828. The predicted octanol–water partition coefficient (Wildman–Crippen LogP) is 2.89. The van der Waals surface area contributed by atoms with Crippen molar-refractivity contribution in [2.75, 3.05) is 5.73 Å². The normalized spacial score (nSPS) is 12.3. The first-order valence-corrected chi connectivity index (χ1v) is 6.77. The van der Waals surface area contributed by atoms with E-state index in [1.54, 1.807) is 6.07 Å². The molecule has 0 aromatic heterocycles. The van der Waals surface area contributed by atoms with Gasteiger partial charge in [0.1, 0.15) is 0 Å². The summed E-state index contributed by atoms with van der Waals surface area (Å²) in [6.07, 6.45) is 0. The van der Waals surface area contributed by atoms with Gasteiger partial charge >= 0.3 is 0 Å². The Kier molecular flexibility index (Phi) is 3.59. The molecular formula is C14H15NOS. The fourth-order valence-electron chi connectivity index (χ4n) is 1.67. The molecule has 0 bridgehead atoms. The minimum atomic E-state index is -1.04. The Balaban J connectivity index is 2.23. The molecule has 2 aromatic carbocycles. The van der Waals surface area contributed by atoms with Gasteiger partial charge in [-0.15, -0.1) is 0 Å². The first-order valence-electron chi connectivity index (χ1n) is 5.45. The first kappa shape index (κ1) is 11.9. The van der Waals surface area contributed by atoms with Crippen LogP contribution in [0.15, 0.2) is 53.4 Å². The van der Waals surface area contributed by atoms with E-state index in [0.717, 1.165) is 16.0 Å². The zero-order chi connectivity index (χ0) is 12.3. The number of aryl methyl sites for hydroxylation is 1. The minimum absolute atomic E-state index is 0.533. The van der Waals surface area contributed by atoms with Gasteiger partial charge in [-0.3, -0.25) is 4.21 Å². The number of hydrogen-bond acceptors (Lipinski definition) is 2. The molecule has 3 heteroatoms. The summed E-state index contributed by atoms with van der Waals surface area (Å²) in [6, 6.07) is 15.4. The third-order valence-electron chi connectivity index (χ3n) is 2.60. The van der Waals surface area contributed by atoms with E-state index in [0.29, 0.717) is 11.4 Å². The van der Waals surface area contributed by atoms with Crippen molar-refractivity contribution in [3.63, 3.8) is 0 Å². The van der Waals surface area contributed by atoms with Gasteiger partial charge in [-0.2, -0.15) is 0 Å². The van der Waals surface area contributed by atoms with Crippen LogP contribution in [0.2, 0.25) is 0 Å². The maximum Gasteiger partial charge on any atom is 0.0577 e. The first-order chi connectivity index (χ1) is 8.16. The average Bonchev–Trinajstić information content (AvgIpc) is 2.33. The van der Waals surface area contributed by atoms with Gasteiger partial charge in [-0.05, 0) is 30.2 Å². The third-order valence-corrected chi connectivity index (χ3v) is 4.12. The van der Waals surface area contributed by atoms with Gasteiger partial charge in [-0.25, -0.2) is 0 Å². The molecule has 2 nitrogen and oxygen atoms in total. The quantitative estimate of drug-likeness (QED) is 0.845. The van der Waals surface area contributed by atoms with E-state index in [-0.39, 0.29) is 0 Å². The van der Waals surface area contributed by atoms with Crippen LogP contribution in [0.1, 0.15) is 11.1 Å². The molecule has 0 fully saturated rings. The van der Waals surface area contributed by atoms with Crippen molar-refractivity contribution in [1.29, 1.82) is 0 Å². The molecule has 2 rings (SSSR count). The molecule has 0 radical (unpaired) electrons. The van der Waals surface area contributed by atoms with Crippen molar-refractivity contribution in [1.82, 2.24) is 0 Å². The summed E-state index contributed by atoms with van der Waals surface area (Å²) in [5.74, 6) is 0.533. The van der Waals surface area contributed by atoms with Crippen molar-refractivity contribution in [3.05, 3.63) is 59.7 Å². The summed E-state index contributed by atoms with van der Waals surface area (Å²) < 4.78 is 12.2. The molecule has 0 spiro atoms. The molecule has 0 heterocycles. The van der Waals surface area contributed by atoms with E-state index >= 15 is 0 Å². The van der Waals surface area contributed by atoms with E-state index in [9.17, 15) is 4.21 Å². The molecule has 2 N–H and O–H groups in total. The van der Waals surface area contributed by atoms with E-state index in [1.165, 1.54) is 0 Å². The third kappa shape index (κ3) is 2.94. The van der Waals surface area contributed by atoms with Gasteiger partial charge in [0.15, 0.2) is 0 Å². The standard InChI is InChI=1S/C14H15NOS/c1-11-7-8-13(15)9-14(11)17(16)10-12-5-3-2-4-6-12/h2-9H,10,15H2,1H3. The summed E-state index contributed by atoms with van der Waals surface area (Å²) in [5, 5.41) is 0. The van der Waals surface area contributed by atoms with Gasteiger partial charge in [0.2, 0.25) is 0 Å². The van der Waals surface area contributed by atoms with Crippen LogP contribution in [0, 0.1) is 6.92 Å². The van der Waals surface area contributed by atoms with Gasteiger partial charge in [0.05, 0.1) is 16.6 Å². The topological polar surface area (TPSA) is 43.1 Å². The predicted molar refractivity (Wildman–Crippen MR) is 72.1 cm³/mol. The molecule has 1 atom stereocenters. The van der Waals surface area contributed by atoms with Crippen molar-refractivity contribution in [3.8, 4) is 0 Å². The molecule has 0 aliphatic rings. The summed E-state index contributed by atoms with van der Waals surface area (Å²) in [7, 11) is -1.04. The van der Waals surface area contributed by atoms with Gasteiger partial charge < -0.3 is 5.73 Å². The summed E-state index contributed by atoms with van der Waals surface area (Å²) in [6.45, 7) is 1.96. The number of nitrogen functional groups attached to an aromatic ring is 1. The van der Waals surface area contributed by atoms with Crippen LogP contribution in [0.25, 0.3) is 0 Å². The van der Waals surface area contributed by atoms with Crippen LogP contribution >= 0.6 is 0 Å². The monoisotopic (exact) mass is 245 g/mol. The van der Waals surface area contributed by atoms with Gasteiger partial charge in [0, 0.05) is 10.6 Å². The van der Waals surface area contributed by atoms with Crippen molar-refractivity contribution < 1.29 is 4.21 Å². The number of hydrogen-bond donors (Lipinski definition) is 1. The molecule has 0 amide bonds. The largest absolute Gasteiger partial charge is 0.399 e. The van der Waals surface area contributed by atoms with Crippen LogP contribution in [0.3, 0.4) is 0 Å². The molecule has 0 aliphatic heterocycles. The SMILES string of the molecule is Cc1ccc(N)cc1S(=O)Cc1ccccc1. The molecule has 88 valence electrons.